The summed E-state index contributed by atoms with van der Waals surface area (Å²) in [6.07, 6.45) is 0.548. The van der Waals surface area contributed by atoms with E-state index in [4.69, 9.17) is 39.2 Å². The van der Waals surface area contributed by atoms with Gasteiger partial charge in [0.2, 0.25) is 5.89 Å². The fourth-order valence-corrected chi connectivity index (χ4v) is 2.34. The normalized spacial score (nSPS) is 12.4. The first kappa shape index (κ1) is 14.4. The third-order valence-corrected chi connectivity index (χ3v) is 3.30. The molecule has 0 radical (unpaired) electrons. The summed E-state index contributed by atoms with van der Waals surface area (Å²) in [6, 6.07) is 5.61. The highest BCUT2D eigenvalue weighted by Gasteiger charge is 2.13. The molecule has 0 saturated heterocycles. The van der Waals surface area contributed by atoms with Crippen molar-refractivity contribution in [2.24, 2.45) is 0 Å². The maximum Gasteiger partial charge on any atom is 0.315 e. The molecule has 0 spiro atoms. The highest BCUT2D eigenvalue weighted by Crippen LogP contribution is 2.28. The summed E-state index contributed by atoms with van der Waals surface area (Å²) in [4.78, 5) is 0. The van der Waals surface area contributed by atoms with Crippen LogP contribution in [-0.2, 0) is 6.42 Å². The molecule has 1 heterocycles. The number of aromatic nitrogens is 2. The Kier molecular flexibility index (Phi) is 4.91. The van der Waals surface area contributed by atoms with Crippen molar-refractivity contribution >= 4 is 40.8 Å². The number of rotatable bonds is 5. The van der Waals surface area contributed by atoms with Gasteiger partial charge in [-0.3, -0.25) is 0 Å². The molecule has 19 heavy (non-hydrogen) atoms. The van der Waals surface area contributed by atoms with E-state index in [1.54, 1.807) is 12.1 Å². The lowest BCUT2D eigenvalue weighted by Crippen LogP contribution is -2.07. The van der Waals surface area contributed by atoms with Gasteiger partial charge in [-0.05, 0) is 24.6 Å². The van der Waals surface area contributed by atoms with Crippen molar-refractivity contribution in [2.45, 2.75) is 19.4 Å². The molecule has 1 N–H and O–H groups in total. The lowest BCUT2D eigenvalue weighted by atomic mass is 10.1. The number of halogens is 3. The van der Waals surface area contributed by atoms with E-state index in [2.05, 4.69) is 15.5 Å². The molecule has 1 unspecified atom stereocenters. The number of benzene rings is 1. The molecule has 0 fully saturated rings. The standard InChI is InChI=1S/C12H12Cl3N3O/c1-7(9-3-2-8(14)6-10(9)15)16-12-18-17-11(19-12)4-5-13/h2-3,6-7H,4-5H2,1H3,(H,16,18). The molecule has 2 aromatic rings. The second kappa shape index (κ2) is 6.46. The maximum absolute atomic E-state index is 6.14. The van der Waals surface area contributed by atoms with Gasteiger partial charge in [0.1, 0.15) is 0 Å². The molecule has 4 nitrogen and oxygen atoms in total. The van der Waals surface area contributed by atoms with Gasteiger partial charge in [-0.25, -0.2) is 0 Å². The summed E-state index contributed by atoms with van der Waals surface area (Å²) in [6.45, 7) is 1.94. The van der Waals surface area contributed by atoms with Crippen LogP contribution in [-0.4, -0.2) is 16.1 Å². The molecule has 0 saturated carbocycles. The molecular formula is C12H12Cl3N3O. The van der Waals surface area contributed by atoms with Gasteiger partial charge < -0.3 is 9.73 Å². The van der Waals surface area contributed by atoms with Crippen LogP contribution in [0.4, 0.5) is 6.01 Å². The molecule has 1 aromatic carbocycles. The van der Waals surface area contributed by atoms with Gasteiger partial charge >= 0.3 is 6.01 Å². The van der Waals surface area contributed by atoms with Crippen LogP contribution >= 0.6 is 34.8 Å². The number of nitrogens with one attached hydrogen (secondary N) is 1. The monoisotopic (exact) mass is 319 g/mol. The summed E-state index contributed by atoms with van der Waals surface area (Å²) < 4.78 is 5.39. The Morgan fingerprint density at radius 2 is 2.11 bits per heavy atom. The molecule has 102 valence electrons. The van der Waals surface area contributed by atoms with Crippen LogP contribution in [0.5, 0.6) is 0 Å². The predicted molar refractivity (Wildman–Crippen MR) is 77.2 cm³/mol. The van der Waals surface area contributed by atoms with Gasteiger partial charge in [0.05, 0.1) is 6.04 Å². The number of alkyl halides is 1. The summed E-state index contributed by atoms with van der Waals surface area (Å²) in [5, 5.41) is 12.0. The second-order valence-electron chi connectivity index (χ2n) is 3.97. The van der Waals surface area contributed by atoms with Crippen molar-refractivity contribution < 1.29 is 4.42 Å². The summed E-state index contributed by atoms with van der Waals surface area (Å²) in [7, 11) is 0. The van der Waals surface area contributed by atoms with Crippen molar-refractivity contribution in [3.05, 3.63) is 39.7 Å². The topological polar surface area (TPSA) is 51.0 Å². The van der Waals surface area contributed by atoms with Crippen LogP contribution in [0.3, 0.4) is 0 Å². The van der Waals surface area contributed by atoms with E-state index < -0.39 is 0 Å². The average molecular weight is 321 g/mol. The number of nitrogens with zero attached hydrogens (tertiary/aromatic N) is 2. The maximum atomic E-state index is 6.14. The molecule has 1 atom stereocenters. The van der Waals surface area contributed by atoms with Crippen LogP contribution in [0.15, 0.2) is 22.6 Å². The van der Waals surface area contributed by atoms with E-state index >= 15 is 0 Å². The largest absolute Gasteiger partial charge is 0.408 e. The predicted octanol–water partition coefficient (Wildman–Crippen LogP) is 4.33. The first-order valence-corrected chi connectivity index (χ1v) is 6.99. The van der Waals surface area contributed by atoms with Crippen molar-refractivity contribution in [1.29, 1.82) is 0 Å². The molecule has 7 heteroatoms. The minimum atomic E-state index is -0.0749. The van der Waals surface area contributed by atoms with Crippen LogP contribution in [0.2, 0.25) is 10.0 Å². The van der Waals surface area contributed by atoms with Crippen LogP contribution in [0, 0.1) is 0 Å². The van der Waals surface area contributed by atoms with Gasteiger partial charge in [-0.1, -0.05) is 34.4 Å². The van der Waals surface area contributed by atoms with Gasteiger partial charge in [-0.15, -0.1) is 16.7 Å². The first-order valence-electron chi connectivity index (χ1n) is 5.70. The summed E-state index contributed by atoms with van der Waals surface area (Å²) in [5.41, 5.74) is 0.906. The lowest BCUT2D eigenvalue weighted by molar-refractivity contribution is 0.508. The molecule has 0 aliphatic carbocycles. The van der Waals surface area contributed by atoms with Gasteiger partial charge in [0.15, 0.2) is 0 Å². The van der Waals surface area contributed by atoms with Crippen molar-refractivity contribution in [2.75, 3.05) is 11.2 Å². The Morgan fingerprint density at radius 3 is 2.79 bits per heavy atom. The highest BCUT2D eigenvalue weighted by molar-refractivity contribution is 6.35. The molecule has 0 bridgehead atoms. The van der Waals surface area contributed by atoms with Gasteiger partial charge in [0.25, 0.3) is 0 Å². The first-order chi connectivity index (χ1) is 9.10. The molecule has 0 aliphatic rings. The zero-order valence-electron chi connectivity index (χ0n) is 10.2. The lowest BCUT2D eigenvalue weighted by Gasteiger charge is -2.13. The number of hydrogen-bond acceptors (Lipinski definition) is 4. The smallest absolute Gasteiger partial charge is 0.315 e. The second-order valence-corrected chi connectivity index (χ2v) is 5.19. The molecule has 1 aromatic heterocycles. The number of hydrogen-bond donors (Lipinski definition) is 1. The third-order valence-electron chi connectivity index (χ3n) is 2.54. The summed E-state index contributed by atoms with van der Waals surface area (Å²) >= 11 is 17.6. The Labute approximate surface area is 126 Å². The molecule has 0 aliphatic heterocycles. The van der Waals surface area contributed by atoms with Gasteiger partial charge in [-0.2, -0.15) is 0 Å². The fraction of sp³-hybridized carbons (Fsp3) is 0.333. The molecular weight excluding hydrogens is 309 g/mol. The quantitative estimate of drug-likeness (QED) is 0.833. The number of anilines is 1. The van der Waals surface area contributed by atoms with Crippen LogP contribution in [0.25, 0.3) is 0 Å². The van der Waals surface area contributed by atoms with E-state index in [1.165, 1.54) is 0 Å². The van der Waals surface area contributed by atoms with E-state index in [9.17, 15) is 0 Å². The zero-order chi connectivity index (χ0) is 13.8. The Morgan fingerprint density at radius 1 is 1.32 bits per heavy atom. The third kappa shape index (κ3) is 3.75. The number of aryl methyl sites for hydroxylation is 1. The van der Waals surface area contributed by atoms with E-state index in [0.717, 1.165) is 5.56 Å². The van der Waals surface area contributed by atoms with Gasteiger partial charge in [0, 0.05) is 22.3 Å². The van der Waals surface area contributed by atoms with E-state index in [-0.39, 0.29) is 6.04 Å². The average Bonchev–Trinajstić information content (AvgIpc) is 2.76. The Balaban J connectivity index is 2.09. The Hall–Kier alpha value is -0.970. The van der Waals surface area contributed by atoms with Crippen LogP contribution in [0.1, 0.15) is 24.4 Å². The van der Waals surface area contributed by atoms with Crippen molar-refractivity contribution in [3.63, 3.8) is 0 Å². The minimum absolute atomic E-state index is 0.0749. The molecule has 2 rings (SSSR count). The van der Waals surface area contributed by atoms with E-state index in [0.29, 0.717) is 34.3 Å². The minimum Gasteiger partial charge on any atom is -0.408 e. The zero-order valence-corrected chi connectivity index (χ0v) is 12.4. The van der Waals surface area contributed by atoms with Crippen molar-refractivity contribution in [3.8, 4) is 0 Å². The fourth-order valence-electron chi connectivity index (χ4n) is 1.61. The SMILES string of the molecule is CC(Nc1nnc(CCCl)o1)c1ccc(Cl)cc1Cl. The Bertz CT molecular complexity index is 559. The van der Waals surface area contributed by atoms with Crippen molar-refractivity contribution in [1.82, 2.24) is 10.2 Å². The summed E-state index contributed by atoms with van der Waals surface area (Å²) in [5.74, 6) is 0.951. The van der Waals surface area contributed by atoms with Crippen LogP contribution < -0.4 is 5.32 Å². The van der Waals surface area contributed by atoms with E-state index in [1.807, 2.05) is 13.0 Å². The highest BCUT2D eigenvalue weighted by atomic mass is 35.5. The molecule has 0 amide bonds.